The van der Waals surface area contributed by atoms with Crippen molar-refractivity contribution < 1.29 is 0 Å². The minimum Gasteiger partial charge on any atom is -0.383 e. The predicted molar refractivity (Wildman–Crippen MR) is 47.8 cm³/mol. The van der Waals surface area contributed by atoms with Crippen LogP contribution in [0.4, 0.5) is 10.8 Å². The summed E-state index contributed by atoms with van der Waals surface area (Å²) in [6.07, 6.45) is 3.93. The second kappa shape index (κ2) is 2.70. The van der Waals surface area contributed by atoms with Crippen LogP contribution in [-0.4, -0.2) is 10.4 Å². The largest absolute Gasteiger partial charge is 0.383 e. The van der Waals surface area contributed by atoms with Crippen LogP contribution in [0.1, 0.15) is 19.3 Å². The molecule has 1 aromatic rings. The molecule has 0 spiro atoms. The monoisotopic (exact) mass is 169 g/mol. The van der Waals surface area contributed by atoms with E-state index in [1.165, 1.54) is 30.8 Å². The molecule has 0 radical (unpaired) electrons. The quantitative estimate of drug-likeness (QED) is 0.708. The Balaban J connectivity index is 1.95. The second-order valence-electron chi connectivity index (χ2n) is 2.89. The molecule has 0 atom stereocenters. The van der Waals surface area contributed by atoms with Gasteiger partial charge < -0.3 is 11.1 Å². The molecule has 0 aromatic carbocycles. The van der Waals surface area contributed by atoms with Crippen LogP contribution in [0.2, 0.25) is 0 Å². The van der Waals surface area contributed by atoms with Crippen molar-refractivity contribution in [1.29, 1.82) is 0 Å². The van der Waals surface area contributed by atoms with Crippen molar-refractivity contribution >= 4 is 22.4 Å². The Morgan fingerprint density at radius 1 is 1.64 bits per heavy atom. The van der Waals surface area contributed by atoms with E-state index in [1.54, 1.807) is 0 Å². The highest BCUT2D eigenvalue weighted by atomic mass is 32.1. The highest BCUT2D eigenvalue weighted by Crippen LogP contribution is 2.26. The van der Waals surface area contributed by atoms with Crippen molar-refractivity contribution in [3.63, 3.8) is 0 Å². The van der Waals surface area contributed by atoms with E-state index in [2.05, 4.69) is 9.69 Å². The van der Waals surface area contributed by atoms with Crippen LogP contribution in [0.15, 0.2) is 6.07 Å². The minimum atomic E-state index is 0.622. The molecule has 60 valence electrons. The zero-order chi connectivity index (χ0) is 7.68. The lowest BCUT2D eigenvalue weighted by Gasteiger charge is -2.26. The molecule has 3 N–H and O–H groups in total. The lowest BCUT2D eigenvalue weighted by molar-refractivity contribution is 0.446. The third kappa shape index (κ3) is 1.45. The zero-order valence-electron chi connectivity index (χ0n) is 6.21. The summed E-state index contributed by atoms with van der Waals surface area (Å²) in [7, 11) is 0. The van der Waals surface area contributed by atoms with Crippen molar-refractivity contribution in [2.75, 3.05) is 11.1 Å². The van der Waals surface area contributed by atoms with Crippen LogP contribution in [0.25, 0.3) is 0 Å². The molecule has 3 nitrogen and oxygen atoms in total. The van der Waals surface area contributed by atoms with Gasteiger partial charge in [-0.3, -0.25) is 0 Å². The van der Waals surface area contributed by atoms with E-state index >= 15 is 0 Å². The summed E-state index contributed by atoms with van der Waals surface area (Å²) < 4.78 is 3.99. The minimum absolute atomic E-state index is 0.622. The number of aromatic nitrogens is 1. The van der Waals surface area contributed by atoms with Crippen LogP contribution in [0.3, 0.4) is 0 Å². The van der Waals surface area contributed by atoms with Gasteiger partial charge in [0, 0.05) is 12.1 Å². The van der Waals surface area contributed by atoms with E-state index in [0.29, 0.717) is 11.9 Å². The number of nitrogens with zero attached hydrogens (tertiary/aromatic N) is 1. The molecule has 1 aliphatic rings. The Bertz CT molecular complexity index is 242. The normalized spacial score (nSPS) is 17.8. The van der Waals surface area contributed by atoms with E-state index in [0.717, 1.165) is 5.00 Å². The first-order chi connectivity index (χ1) is 5.34. The van der Waals surface area contributed by atoms with Crippen LogP contribution in [0, 0.1) is 0 Å². The van der Waals surface area contributed by atoms with Gasteiger partial charge in [0.2, 0.25) is 0 Å². The summed E-state index contributed by atoms with van der Waals surface area (Å²) in [6, 6.07) is 2.57. The average molecular weight is 169 g/mol. The Labute approximate surface area is 69.8 Å². The highest BCUT2D eigenvalue weighted by molar-refractivity contribution is 7.10. The van der Waals surface area contributed by atoms with Gasteiger partial charge in [-0.1, -0.05) is 0 Å². The zero-order valence-corrected chi connectivity index (χ0v) is 7.03. The summed E-state index contributed by atoms with van der Waals surface area (Å²) >= 11 is 1.44. The number of hydrogen-bond donors (Lipinski definition) is 2. The first kappa shape index (κ1) is 6.91. The average Bonchev–Trinajstić information content (AvgIpc) is 2.27. The number of rotatable bonds is 2. The van der Waals surface area contributed by atoms with Crippen LogP contribution < -0.4 is 11.1 Å². The summed E-state index contributed by atoms with van der Waals surface area (Å²) in [5, 5.41) is 4.48. The van der Waals surface area contributed by atoms with Crippen molar-refractivity contribution in [2.24, 2.45) is 0 Å². The summed E-state index contributed by atoms with van der Waals surface area (Å²) in [4.78, 5) is 0. The van der Waals surface area contributed by atoms with Gasteiger partial charge in [0.15, 0.2) is 0 Å². The molecule has 0 saturated heterocycles. The van der Waals surface area contributed by atoms with Gasteiger partial charge in [0.1, 0.15) is 10.8 Å². The molecule has 0 bridgehead atoms. The van der Waals surface area contributed by atoms with Crippen molar-refractivity contribution in [1.82, 2.24) is 4.37 Å². The van der Waals surface area contributed by atoms with Crippen molar-refractivity contribution in [3.8, 4) is 0 Å². The molecule has 2 rings (SSSR count). The third-order valence-electron chi connectivity index (χ3n) is 1.98. The van der Waals surface area contributed by atoms with Gasteiger partial charge in [-0.05, 0) is 30.8 Å². The molecular weight excluding hydrogens is 158 g/mol. The Kier molecular flexibility index (Phi) is 1.69. The number of nitrogens with one attached hydrogen (secondary N) is 1. The molecule has 1 aliphatic carbocycles. The van der Waals surface area contributed by atoms with Crippen LogP contribution in [-0.2, 0) is 0 Å². The standard InChI is InChI=1S/C7H11N3S/c8-6-4-7(11-10-6)9-5-2-1-3-5/h4-5,9H,1-3H2,(H2,8,10). The molecule has 11 heavy (non-hydrogen) atoms. The molecule has 0 amide bonds. The predicted octanol–water partition coefficient (Wildman–Crippen LogP) is 1.69. The molecule has 1 saturated carbocycles. The van der Waals surface area contributed by atoms with E-state index in [4.69, 9.17) is 5.73 Å². The number of hydrogen-bond acceptors (Lipinski definition) is 4. The molecule has 4 heteroatoms. The SMILES string of the molecule is Nc1cc(NC2CCC2)sn1. The van der Waals surface area contributed by atoms with E-state index in [-0.39, 0.29) is 0 Å². The van der Waals surface area contributed by atoms with Crippen molar-refractivity contribution in [3.05, 3.63) is 6.07 Å². The molecule has 0 unspecified atom stereocenters. The molecule has 1 heterocycles. The van der Waals surface area contributed by atoms with Crippen LogP contribution >= 0.6 is 11.5 Å². The number of nitrogen functional groups attached to an aromatic ring is 1. The smallest absolute Gasteiger partial charge is 0.139 e. The Morgan fingerprint density at radius 3 is 2.91 bits per heavy atom. The fourth-order valence-electron chi connectivity index (χ4n) is 1.11. The number of nitrogens with two attached hydrogens (primary N) is 1. The summed E-state index contributed by atoms with van der Waals surface area (Å²) in [5.74, 6) is 0.622. The fraction of sp³-hybridized carbons (Fsp3) is 0.571. The van der Waals surface area contributed by atoms with E-state index < -0.39 is 0 Å². The molecular formula is C7H11N3S. The first-order valence-corrected chi connectivity index (χ1v) is 4.60. The topological polar surface area (TPSA) is 50.9 Å². The summed E-state index contributed by atoms with van der Waals surface area (Å²) in [6.45, 7) is 0. The maximum Gasteiger partial charge on any atom is 0.139 e. The lowest BCUT2D eigenvalue weighted by atomic mass is 9.93. The fourth-order valence-corrected chi connectivity index (χ4v) is 1.76. The Morgan fingerprint density at radius 2 is 2.45 bits per heavy atom. The van der Waals surface area contributed by atoms with Crippen molar-refractivity contribution in [2.45, 2.75) is 25.3 Å². The maximum absolute atomic E-state index is 5.47. The van der Waals surface area contributed by atoms with Gasteiger partial charge in [-0.2, -0.15) is 4.37 Å². The lowest BCUT2D eigenvalue weighted by Crippen LogP contribution is -2.26. The molecule has 1 fully saturated rings. The van der Waals surface area contributed by atoms with E-state index in [9.17, 15) is 0 Å². The number of anilines is 2. The molecule has 0 aliphatic heterocycles. The van der Waals surface area contributed by atoms with Gasteiger partial charge in [0.05, 0.1) is 0 Å². The maximum atomic E-state index is 5.47. The van der Waals surface area contributed by atoms with Gasteiger partial charge in [-0.15, -0.1) is 0 Å². The van der Waals surface area contributed by atoms with E-state index in [1.807, 2.05) is 6.07 Å². The van der Waals surface area contributed by atoms with Gasteiger partial charge >= 0.3 is 0 Å². The third-order valence-corrected chi connectivity index (χ3v) is 2.71. The second-order valence-corrected chi connectivity index (χ2v) is 3.69. The highest BCUT2D eigenvalue weighted by Gasteiger charge is 2.17. The molecule has 1 aromatic heterocycles. The Hall–Kier alpha value is -0.770. The van der Waals surface area contributed by atoms with Crippen LogP contribution in [0.5, 0.6) is 0 Å². The first-order valence-electron chi connectivity index (χ1n) is 3.83. The van der Waals surface area contributed by atoms with Gasteiger partial charge in [-0.25, -0.2) is 0 Å². The van der Waals surface area contributed by atoms with Gasteiger partial charge in [0.25, 0.3) is 0 Å². The summed E-state index contributed by atoms with van der Waals surface area (Å²) in [5.41, 5.74) is 5.47.